The van der Waals surface area contributed by atoms with E-state index >= 15 is 0 Å². The van der Waals surface area contributed by atoms with Crippen LogP contribution in [0.15, 0.2) is 79.3 Å². The van der Waals surface area contributed by atoms with Crippen LogP contribution in [-0.2, 0) is 6.54 Å². The second-order valence-corrected chi connectivity index (χ2v) is 8.58. The summed E-state index contributed by atoms with van der Waals surface area (Å²) < 4.78 is 15.9. The van der Waals surface area contributed by atoms with E-state index in [0.29, 0.717) is 31.1 Å². The van der Waals surface area contributed by atoms with Gasteiger partial charge < -0.3 is 14.6 Å². The van der Waals surface area contributed by atoms with Crippen molar-refractivity contribution in [2.75, 3.05) is 13.1 Å². The highest BCUT2D eigenvalue weighted by molar-refractivity contribution is 5.95. The van der Waals surface area contributed by atoms with Crippen molar-refractivity contribution < 1.29 is 14.0 Å². The molecule has 1 saturated heterocycles. The Morgan fingerprint density at radius 2 is 1.76 bits per heavy atom. The molecule has 2 amide bonds. The van der Waals surface area contributed by atoms with Gasteiger partial charge in [0.2, 0.25) is 0 Å². The maximum Gasteiger partial charge on any atom is 0.256 e. The molecule has 5 rings (SSSR count). The third kappa shape index (κ3) is 4.55. The molecule has 0 atom stereocenters. The van der Waals surface area contributed by atoms with Crippen LogP contribution in [0.5, 0.6) is 0 Å². The average Bonchev–Trinajstić information content (AvgIpc) is 3.35. The van der Waals surface area contributed by atoms with Crippen molar-refractivity contribution in [2.24, 2.45) is 0 Å². The summed E-state index contributed by atoms with van der Waals surface area (Å²) in [5, 5.41) is 2.96. The number of pyridine rings is 1. The molecule has 0 radical (unpaired) electrons. The van der Waals surface area contributed by atoms with Crippen LogP contribution in [0.2, 0.25) is 0 Å². The Kier molecular flexibility index (Phi) is 6.08. The van der Waals surface area contributed by atoms with Crippen molar-refractivity contribution in [2.45, 2.75) is 25.3 Å². The van der Waals surface area contributed by atoms with E-state index in [1.165, 1.54) is 12.1 Å². The predicted octanol–water partition coefficient (Wildman–Crippen LogP) is 4.42. The Labute approximate surface area is 197 Å². The minimum absolute atomic E-state index is 0.125. The normalized spacial score (nSPS) is 14.3. The molecule has 1 N–H and O–H groups in total. The first kappa shape index (κ1) is 21.8. The SMILES string of the molecule is O=C(NCc1ccn2ccnc2c1)c1ccc(C2CCN(C(=O)c3ccccc3F)CC2)cc1. The highest BCUT2D eigenvalue weighted by Gasteiger charge is 2.26. The van der Waals surface area contributed by atoms with Crippen LogP contribution in [0.1, 0.15) is 50.6 Å². The first-order chi connectivity index (χ1) is 16.6. The number of hydrogen-bond acceptors (Lipinski definition) is 3. The molecule has 1 aliphatic rings. The smallest absolute Gasteiger partial charge is 0.256 e. The molecule has 3 heterocycles. The fourth-order valence-electron chi connectivity index (χ4n) is 4.47. The lowest BCUT2D eigenvalue weighted by Gasteiger charge is -2.32. The van der Waals surface area contributed by atoms with Gasteiger partial charge in [0.1, 0.15) is 11.5 Å². The van der Waals surface area contributed by atoms with Crippen molar-refractivity contribution in [1.29, 1.82) is 0 Å². The molecule has 6 nitrogen and oxygen atoms in total. The van der Waals surface area contributed by atoms with E-state index in [9.17, 15) is 14.0 Å². The van der Waals surface area contributed by atoms with Gasteiger partial charge in [0, 0.05) is 43.8 Å². The average molecular weight is 457 g/mol. The molecular formula is C27H25FN4O2. The molecule has 0 bridgehead atoms. The summed E-state index contributed by atoms with van der Waals surface area (Å²) in [6, 6.07) is 17.7. The number of likely N-dealkylation sites (tertiary alicyclic amines) is 1. The number of aromatic nitrogens is 2. The summed E-state index contributed by atoms with van der Waals surface area (Å²) in [5.41, 5.74) is 3.72. The molecule has 172 valence electrons. The number of benzene rings is 2. The van der Waals surface area contributed by atoms with Crippen LogP contribution in [0, 0.1) is 5.82 Å². The van der Waals surface area contributed by atoms with Crippen molar-refractivity contribution in [3.8, 4) is 0 Å². The van der Waals surface area contributed by atoms with Gasteiger partial charge in [-0.05, 0) is 66.3 Å². The highest BCUT2D eigenvalue weighted by Crippen LogP contribution is 2.29. The number of nitrogens with zero attached hydrogens (tertiary/aromatic N) is 3. The van der Waals surface area contributed by atoms with Crippen LogP contribution >= 0.6 is 0 Å². The lowest BCUT2D eigenvalue weighted by molar-refractivity contribution is 0.0708. The number of fused-ring (bicyclic) bond motifs is 1. The number of amides is 2. The zero-order chi connectivity index (χ0) is 23.5. The van der Waals surface area contributed by atoms with Gasteiger partial charge in [-0.1, -0.05) is 24.3 Å². The minimum atomic E-state index is -0.481. The van der Waals surface area contributed by atoms with Gasteiger partial charge in [0.15, 0.2) is 0 Å². The Bertz CT molecular complexity index is 1320. The van der Waals surface area contributed by atoms with Crippen molar-refractivity contribution >= 4 is 17.5 Å². The fraction of sp³-hybridized carbons (Fsp3) is 0.222. The zero-order valence-corrected chi connectivity index (χ0v) is 18.7. The molecule has 0 unspecified atom stereocenters. The molecule has 1 aliphatic heterocycles. The summed E-state index contributed by atoms with van der Waals surface area (Å²) in [6.07, 6.45) is 7.16. The van der Waals surface area contributed by atoms with Gasteiger partial charge in [0.25, 0.3) is 11.8 Å². The van der Waals surface area contributed by atoms with Gasteiger partial charge in [-0.15, -0.1) is 0 Å². The number of nitrogens with one attached hydrogen (secondary N) is 1. The molecule has 1 fully saturated rings. The molecule has 4 aromatic rings. The van der Waals surface area contributed by atoms with E-state index < -0.39 is 5.82 Å². The largest absolute Gasteiger partial charge is 0.348 e. The monoisotopic (exact) mass is 456 g/mol. The van der Waals surface area contributed by atoms with Crippen LogP contribution in [0.3, 0.4) is 0 Å². The molecule has 2 aromatic heterocycles. The number of halogens is 1. The van der Waals surface area contributed by atoms with E-state index in [4.69, 9.17) is 0 Å². The van der Waals surface area contributed by atoms with Crippen LogP contribution < -0.4 is 5.32 Å². The molecule has 2 aromatic carbocycles. The van der Waals surface area contributed by atoms with Crippen molar-refractivity contribution in [3.05, 3.63) is 107 Å². The van der Waals surface area contributed by atoms with Crippen molar-refractivity contribution in [1.82, 2.24) is 19.6 Å². The van der Waals surface area contributed by atoms with E-state index in [2.05, 4.69) is 10.3 Å². The second-order valence-electron chi connectivity index (χ2n) is 8.58. The number of piperidine rings is 1. The Morgan fingerprint density at radius 1 is 1.00 bits per heavy atom. The summed E-state index contributed by atoms with van der Waals surface area (Å²) >= 11 is 0. The van der Waals surface area contributed by atoms with Crippen LogP contribution in [0.25, 0.3) is 5.65 Å². The maximum atomic E-state index is 14.0. The van der Waals surface area contributed by atoms with Gasteiger partial charge in [-0.2, -0.15) is 0 Å². The third-order valence-electron chi connectivity index (χ3n) is 6.45. The Morgan fingerprint density at radius 3 is 2.53 bits per heavy atom. The molecule has 34 heavy (non-hydrogen) atoms. The first-order valence-corrected chi connectivity index (χ1v) is 11.4. The quantitative estimate of drug-likeness (QED) is 0.483. The number of carbonyl (C=O) groups excluding carboxylic acids is 2. The summed E-state index contributed by atoms with van der Waals surface area (Å²) in [5.74, 6) is -0.552. The highest BCUT2D eigenvalue weighted by atomic mass is 19.1. The first-order valence-electron chi connectivity index (χ1n) is 11.4. The molecule has 0 aliphatic carbocycles. The topological polar surface area (TPSA) is 66.7 Å². The third-order valence-corrected chi connectivity index (χ3v) is 6.45. The van der Waals surface area contributed by atoms with Gasteiger partial charge >= 0.3 is 0 Å². The summed E-state index contributed by atoms with van der Waals surface area (Å²) in [4.78, 5) is 31.2. The number of imidazole rings is 1. The van der Waals surface area contributed by atoms with E-state index in [1.807, 2.05) is 53.2 Å². The lowest BCUT2D eigenvalue weighted by atomic mass is 9.88. The Hall–Kier alpha value is -4.00. The standard InChI is InChI=1S/C27H25FN4O2/c28-24-4-2-1-3-23(24)27(34)32-14-10-21(11-15-32)20-5-7-22(8-6-20)26(33)30-18-19-9-13-31-16-12-29-25(31)17-19/h1-9,12-13,16-17,21H,10-11,14-15,18H2,(H,30,33). The van der Waals surface area contributed by atoms with Gasteiger partial charge in [0.05, 0.1) is 5.56 Å². The lowest BCUT2D eigenvalue weighted by Crippen LogP contribution is -2.38. The van der Waals surface area contributed by atoms with Gasteiger partial charge in [-0.3, -0.25) is 9.59 Å². The van der Waals surface area contributed by atoms with E-state index in [0.717, 1.165) is 29.6 Å². The van der Waals surface area contributed by atoms with E-state index in [1.54, 1.807) is 23.2 Å². The maximum absolute atomic E-state index is 14.0. The molecule has 7 heteroatoms. The summed E-state index contributed by atoms with van der Waals surface area (Å²) in [7, 11) is 0. The number of rotatable bonds is 5. The Balaban J connectivity index is 1.15. The second kappa shape index (κ2) is 9.47. The number of carbonyl (C=O) groups is 2. The minimum Gasteiger partial charge on any atom is -0.348 e. The number of hydrogen-bond donors (Lipinski definition) is 1. The summed E-state index contributed by atoms with van der Waals surface area (Å²) in [6.45, 7) is 1.60. The van der Waals surface area contributed by atoms with Crippen LogP contribution in [-0.4, -0.2) is 39.2 Å². The van der Waals surface area contributed by atoms with Crippen molar-refractivity contribution in [3.63, 3.8) is 0 Å². The predicted molar refractivity (Wildman–Crippen MR) is 127 cm³/mol. The van der Waals surface area contributed by atoms with Crippen LogP contribution in [0.4, 0.5) is 4.39 Å². The fourth-order valence-corrected chi connectivity index (χ4v) is 4.47. The molecule has 0 spiro atoms. The molecular weight excluding hydrogens is 431 g/mol. The van der Waals surface area contributed by atoms with Gasteiger partial charge in [-0.25, -0.2) is 9.37 Å². The molecule has 0 saturated carbocycles. The zero-order valence-electron chi connectivity index (χ0n) is 18.7. The van der Waals surface area contributed by atoms with E-state index in [-0.39, 0.29) is 17.4 Å².